The Labute approximate surface area is 96.0 Å². The predicted octanol–water partition coefficient (Wildman–Crippen LogP) is 2.05. The molecular formula is C10H19O5P. The topological polar surface area (TPSA) is 69.7 Å². The molecule has 0 heterocycles. The number of hydrogen-bond acceptors (Lipinski definition) is 5. The molecule has 0 aromatic heterocycles. The summed E-state index contributed by atoms with van der Waals surface area (Å²) in [5.74, 6) is -0.199. The van der Waals surface area contributed by atoms with E-state index in [2.05, 4.69) is 9.05 Å². The van der Waals surface area contributed by atoms with E-state index in [1.165, 1.54) is 21.1 Å². The van der Waals surface area contributed by atoms with E-state index in [0.717, 1.165) is 0 Å². The van der Waals surface area contributed by atoms with Crippen LogP contribution in [0.25, 0.3) is 0 Å². The molecule has 0 aliphatic heterocycles. The van der Waals surface area contributed by atoms with Crippen LogP contribution in [0.4, 0.5) is 0 Å². The van der Waals surface area contributed by atoms with Crippen LogP contribution in [0.5, 0.6) is 0 Å². The zero-order valence-corrected chi connectivity index (χ0v) is 11.1. The van der Waals surface area contributed by atoms with Crippen LogP contribution in [0.1, 0.15) is 26.7 Å². The highest BCUT2D eigenvalue weighted by atomic mass is 31.2. The maximum absolute atomic E-state index is 11.6. The van der Waals surface area contributed by atoms with E-state index >= 15 is 0 Å². The number of ketones is 2. The zero-order chi connectivity index (χ0) is 12.8. The minimum atomic E-state index is -3.26. The Bertz CT molecular complexity index is 292. The fraction of sp³-hybridized carbons (Fsp3) is 0.800. The van der Waals surface area contributed by atoms with Crippen molar-refractivity contribution in [2.75, 3.05) is 20.4 Å². The molecule has 0 aliphatic rings. The molecule has 0 unspecified atom stereocenters. The summed E-state index contributed by atoms with van der Waals surface area (Å²) in [6, 6.07) is 0. The predicted molar refractivity (Wildman–Crippen MR) is 60.6 cm³/mol. The lowest BCUT2D eigenvalue weighted by molar-refractivity contribution is -0.119. The Balaban J connectivity index is 4.18. The van der Waals surface area contributed by atoms with Crippen molar-refractivity contribution in [3.05, 3.63) is 0 Å². The van der Waals surface area contributed by atoms with Crippen LogP contribution in [0, 0.1) is 5.92 Å². The summed E-state index contributed by atoms with van der Waals surface area (Å²) in [6.07, 6.45) is 0.342. The third-order valence-corrected chi connectivity index (χ3v) is 3.99. The lowest BCUT2D eigenvalue weighted by atomic mass is 10.00. The molecule has 0 aromatic carbocycles. The first-order valence-electron chi connectivity index (χ1n) is 5.04. The van der Waals surface area contributed by atoms with Gasteiger partial charge in [0.15, 0.2) is 0 Å². The highest BCUT2D eigenvalue weighted by molar-refractivity contribution is 7.54. The lowest BCUT2D eigenvalue weighted by Crippen LogP contribution is -2.13. The largest absolute Gasteiger partial charge is 0.337 e. The Morgan fingerprint density at radius 1 is 1.19 bits per heavy atom. The van der Waals surface area contributed by atoms with Gasteiger partial charge in [-0.05, 0) is 12.8 Å². The minimum absolute atomic E-state index is 0.0350. The van der Waals surface area contributed by atoms with E-state index in [1.54, 1.807) is 0 Å². The third kappa shape index (κ3) is 6.16. The summed E-state index contributed by atoms with van der Waals surface area (Å²) < 4.78 is 21.0. The zero-order valence-electron chi connectivity index (χ0n) is 10.2. The maximum atomic E-state index is 11.6. The molecule has 5 nitrogen and oxygen atoms in total. The number of rotatable bonds is 8. The summed E-state index contributed by atoms with van der Waals surface area (Å²) in [7, 11) is -0.769. The molecule has 0 rings (SSSR count). The SMILES string of the molecule is COP(=O)(CC(=O)C[C@@H](C)CC(C)=O)OC. The minimum Gasteiger partial charge on any atom is -0.312 e. The Morgan fingerprint density at radius 3 is 2.06 bits per heavy atom. The fourth-order valence-corrected chi connectivity index (χ4v) is 2.40. The smallest absolute Gasteiger partial charge is 0.312 e. The van der Waals surface area contributed by atoms with E-state index in [0.29, 0.717) is 6.42 Å². The molecule has 0 amide bonds. The molecular weight excluding hydrogens is 231 g/mol. The lowest BCUT2D eigenvalue weighted by Gasteiger charge is -2.14. The van der Waals surface area contributed by atoms with Crippen LogP contribution in [0.15, 0.2) is 0 Å². The molecule has 1 atom stereocenters. The van der Waals surface area contributed by atoms with Gasteiger partial charge in [-0.25, -0.2) is 0 Å². The van der Waals surface area contributed by atoms with Crippen LogP contribution in [0.2, 0.25) is 0 Å². The van der Waals surface area contributed by atoms with Crippen molar-refractivity contribution in [1.29, 1.82) is 0 Å². The van der Waals surface area contributed by atoms with Crippen LogP contribution < -0.4 is 0 Å². The van der Waals surface area contributed by atoms with E-state index in [9.17, 15) is 14.2 Å². The Hall–Kier alpha value is -0.510. The van der Waals surface area contributed by atoms with E-state index < -0.39 is 7.60 Å². The van der Waals surface area contributed by atoms with Crippen LogP contribution >= 0.6 is 7.60 Å². The molecule has 6 heteroatoms. The first-order chi connectivity index (χ1) is 7.33. The van der Waals surface area contributed by atoms with Gasteiger partial charge < -0.3 is 13.8 Å². The van der Waals surface area contributed by atoms with Gasteiger partial charge in [0.25, 0.3) is 0 Å². The molecule has 0 fully saturated rings. The average Bonchev–Trinajstić information content (AvgIpc) is 2.15. The van der Waals surface area contributed by atoms with E-state index in [4.69, 9.17) is 0 Å². The summed E-state index contributed by atoms with van der Waals surface area (Å²) in [5.41, 5.74) is 0. The first kappa shape index (κ1) is 15.5. The second-order valence-electron chi connectivity index (χ2n) is 3.89. The molecule has 0 bridgehead atoms. The van der Waals surface area contributed by atoms with Gasteiger partial charge in [-0.15, -0.1) is 0 Å². The highest BCUT2D eigenvalue weighted by Gasteiger charge is 2.26. The second-order valence-corrected chi connectivity index (χ2v) is 6.16. The van der Waals surface area contributed by atoms with Crippen LogP contribution in [-0.4, -0.2) is 31.9 Å². The monoisotopic (exact) mass is 250 g/mol. The first-order valence-corrected chi connectivity index (χ1v) is 6.77. The Morgan fingerprint density at radius 2 is 1.69 bits per heavy atom. The quantitative estimate of drug-likeness (QED) is 0.616. The van der Waals surface area contributed by atoms with Crippen molar-refractivity contribution in [2.45, 2.75) is 26.7 Å². The molecule has 0 spiro atoms. The molecule has 0 saturated heterocycles. The summed E-state index contributed by atoms with van der Waals surface area (Å²) in [4.78, 5) is 22.3. The van der Waals surface area contributed by atoms with Gasteiger partial charge in [0.2, 0.25) is 0 Å². The van der Waals surface area contributed by atoms with Gasteiger partial charge in [0.05, 0.1) is 0 Å². The van der Waals surface area contributed by atoms with Gasteiger partial charge in [0.1, 0.15) is 17.7 Å². The second kappa shape index (κ2) is 6.94. The van der Waals surface area contributed by atoms with Crippen LogP contribution in [-0.2, 0) is 23.2 Å². The van der Waals surface area contributed by atoms with Crippen molar-refractivity contribution in [1.82, 2.24) is 0 Å². The Kier molecular flexibility index (Phi) is 6.72. The van der Waals surface area contributed by atoms with Gasteiger partial charge >= 0.3 is 7.60 Å². The van der Waals surface area contributed by atoms with Crippen molar-refractivity contribution in [3.8, 4) is 0 Å². The van der Waals surface area contributed by atoms with Crippen LogP contribution in [0.3, 0.4) is 0 Å². The van der Waals surface area contributed by atoms with Gasteiger partial charge in [-0.2, -0.15) is 0 Å². The van der Waals surface area contributed by atoms with E-state index in [1.807, 2.05) is 6.92 Å². The molecule has 0 radical (unpaired) electrons. The summed E-state index contributed by atoms with van der Waals surface area (Å²) in [5, 5.41) is 0. The number of carbonyl (C=O) groups is 2. The number of Topliss-reactive ketones (excluding diaryl/α,β-unsaturated/α-hetero) is 2. The molecule has 0 aromatic rings. The highest BCUT2D eigenvalue weighted by Crippen LogP contribution is 2.46. The fourth-order valence-electron chi connectivity index (χ4n) is 1.44. The number of carbonyl (C=O) groups excluding carboxylic acids is 2. The average molecular weight is 250 g/mol. The molecule has 0 aliphatic carbocycles. The molecule has 0 saturated carbocycles. The van der Waals surface area contributed by atoms with Crippen molar-refractivity contribution < 1.29 is 23.2 Å². The number of hydrogen-bond donors (Lipinski definition) is 0. The van der Waals surface area contributed by atoms with Crippen molar-refractivity contribution in [2.24, 2.45) is 5.92 Å². The molecule has 0 N–H and O–H groups in total. The maximum Gasteiger partial charge on any atom is 0.337 e. The van der Waals surface area contributed by atoms with Gasteiger partial charge in [-0.1, -0.05) is 6.92 Å². The van der Waals surface area contributed by atoms with Gasteiger partial charge in [0, 0.05) is 27.1 Å². The van der Waals surface area contributed by atoms with Crippen molar-refractivity contribution in [3.63, 3.8) is 0 Å². The normalized spacial score (nSPS) is 13.5. The molecule has 16 heavy (non-hydrogen) atoms. The standard InChI is InChI=1S/C10H19O5P/c1-8(5-9(2)11)6-10(12)7-16(13,14-3)15-4/h8H,5-7H2,1-4H3/t8-/m0/s1. The van der Waals surface area contributed by atoms with E-state index in [-0.39, 0.29) is 30.1 Å². The third-order valence-electron chi connectivity index (χ3n) is 2.14. The summed E-state index contributed by atoms with van der Waals surface area (Å²) >= 11 is 0. The van der Waals surface area contributed by atoms with Crippen molar-refractivity contribution >= 4 is 19.2 Å². The van der Waals surface area contributed by atoms with Gasteiger partial charge in [-0.3, -0.25) is 9.36 Å². The molecule has 94 valence electrons. The summed E-state index contributed by atoms with van der Waals surface area (Å²) in [6.45, 7) is 3.29.